The molecule has 160 valence electrons. The van der Waals surface area contributed by atoms with Crippen LogP contribution in [0.1, 0.15) is 27.0 Å². The molecule has 0 spiro atoms. The Hall–Kier alpha value is -2.06. The van der Waals surface area contributed by atoms with Crippen molar-refractivity contribution in [1.82, 2.24) is 0 Å². The van der Waals surface area contributed by atoms with Gasteiger partial charge in [-0.05, 0) is 54.3 Å². The lowest BCUT2D eigenvalue weighted by atomic mass is 9.94. The molecule has 4 rings (SSSR count). The summed E-state index contributed by atoms with van der Waals surface area (Å²) in [5.41, 5.74) is 2.21. The molecule has 0 amide bonds. The molecule has 8 heteroatoms. The van der Waals surface area contributed by atoms with Crippen LogP contribution in [0.4, 0.5) is 18.9 Å². The van der Waals surface area contributed by atoms with Gasteiger partial charge in [0.2, 0.25) is 0 Å². The largest absolute Gasteiger partial charge is 0.495 e. The number of fused-ring (bicyclic) bond motifs is 1. The lowest BCUT2D eigenvalue weighted by Gasteiger charge is -2.30. The van der Waals surface area contributed by atoms with Crippen molar-refractivity contribution in [1.29, 1.82) is 0 Å². The number of carbonyl (C=O) groups excluding carboxylic acids is 1. The van der Waals surface area contributed by atoms with Crippen molar-refractivity contribution in [2.45, 2.75) is 19.0 Å². The molecule has 1 aliphatic carbocycles. The first kappa shape index (κ1) is 21.2. The Balaban J connectivity index is 1.60. The van der Waals surface area contributed by atoms with Crippen molar-refractivity contribution in [3.8, 4) is 5.75 Å². The summed E-state index contributed by atoms with van der Waals surface area (Å²) in [6, 6.07) is 7.57. The van der Waals surface area contributed by atoms with Crippen molar-refractivity contribution in [3.63, 3.8) is 0 Å². The van der Waals surface area contributed by atoms with Crippen LogP contribution in [0.3, 0.4) is 0 Å². The maximum atomic E-state index is 13.1. The SMILES string of the molecule is COc1cc2c(cc1N1CCOCC1)CC(Cc1cc(Br)cc(C(F)(F)F)c1)C2=O. The van der Waals surface area contributed by atoms with Gasteiger partial charge >= 0.3 is 6.18 Å². The van der Waals surface area contributed by atoms with Crippen LogP contribution in [0, 0.1) is 5.92 Å². The molecule has 4 nitrogen and oxygen atoms in total. The van der Waals surface area contributed by atoms with Gasteiger partial charge in [-0.1, -0.05) is 15.9 Å². The topological polar surface area (TPSA) is 38.8 Å². The number of Topliss-reactive ketones (excluding diaryl/α,β-unsaturated/α-hetero) is 1. The van der Waals surface area contributed by atoms with Crippen LogP contribution in [-0.2, 0) is 23.8 Å². The van der Waals surface area contributed by atoms with Gasteiger partial charge in [0.1, 0.15) is 5.75 Å². The standard InChI is InChI=1S/C22H21BrF3NO3/c1-29-20-12-18-14(10-19(20)27-2-4-30-5-3-27)9-15(21(18)28)6-13-7-16(22(24,25)26)11-17(23)8-13/h7-8,10-12,15H,2-6,9H2,1H3. The first-order chi connectivity index (χ1) is 14.3. The third kappa shape index (κ3) is 4.21. The molecule has 0 saturated carbocycles. The number of ketones is 1. The van der Waals surface area contributed by atoms with Crippen LogP contribution in [0.2, 0.25) is 0 Å². The molecule has 1 aliphatic heterocycles. The normalized spacial score (nSPS) is 19.2. The monoisotopic (exact) mass is 483 g/mol. The van der Waals surface area contributed by atoms with Gasteiger partial charge in [-0.25, -0.2) is 0 Å². The molecule has 1 unspecified atom stereocenters. The summed E-state index contributed by atoms with van der Waals surface area (Å²) in [6.07, 6.45) is -3.67. The average molecular weight is 484 g/mol. The summed E-state index contributed by atoms with van der Waals surface area (Å²) in [7, 11) is 1.57. The van der Waals surface area contributed by atoms with Gasteiger partial charge in [-0.15, -0.1) is 0 Å². The highest BCUT2D eigenvalue weighted by Gasteiger charge is 2.34. The van der Waals surface area contributed by atoms with E-state index < -0.39 is 11.7 Å². The fourth-order valence-corrected chi connectivity index (χ4v) is 4.72. The number of methoxy groups -OCH3 is 1. The number of benzene rings is 2. The van der Waals surface area contributed by atoms with Crippen LogP contribution in [0.25, 0.3) is 0 Å². The third-order valence-corrected chi connectivity index (χ3v) is 6.08. The van der Waals surface area contributed by atoms with Crippen molar-refractivity contribution in [2.24, 2.45) is 5.92 Å². The highest BCUT2D eigenvalue weighted by Crippen LogP contribution is 2.39. The van der Waals surface area contributed by atoms with Gasteiger partial charge in [-0.3, -0.25) is 4.79 Å². The summed E-state index contributed by atoms with van der Waals surface area (Å²) in [6.45, 7) is 2.74. The number of hydrogen-bond donors (Lipinski definition) is 0. The highest BCUT2D eigenvalue weighted by atomic mass is 79.9. The number of morpholine rings is 1. The Bertz CT molecular complexity index is 971. The first-order valence-electron chi connectivity index (χ1n) is 9.70. The molecule has 0 radical (unpaired) electrons. The number of carbonyl (C=O) groups is 1. The van der Waals surface area contributed by atoms with Crippen molar-refractivity contribution < 1.29 is 27.4 Å². The van der Waals surface area contributed by atoms with E-state index in [1.807, 2.05) is 6.07 Å². The Morgan fingerprint density at radius 3 is 2.57 bits per heavy atom. The van der Waals surface area contributed by atoms with E-state index in [-0.39, 0.29) is 18.1 Å². The zero-order valence-corrected chi connectivity index (χ0v) is 18.0. The van der Waals surface area contributed by atoms with E-state index in [4.69, 9.17) is 9.47 Å². The molecule has 0 aromatic heterocycles. The number of hydrogen-bond acceptors (Lipinski definition) is 4. The van der Waals surface area contributed by atoms with Crippen LogP contribution in [0.5, 0.6) is 5.75 Å². The van der Waals surface area contributed by atoms with Crippen LogP contribution >= 0.6 is 15.9 Å². The minimum absolute atomic E-state index is 0.0506. The summed E-state index contributed by atoms with van der Waals surface area (Å²) in [5.74, 6) is 0.192. The van der Waals surface area contributed by atoms with E-state index >= 15 is 0 Å². The maximum absolute atomic E-state index is 13.1. The van der Waals surface area contributed by atoms with Gasteiger partial charge in [0.25, 0.3) is 0 Å². The van der Waals surface area contributed by atoms with E-state index in [9.17, 15) is 18.0 Å². The number of ether oxygens (including phenoxy) is 2. The lowest BCUT2D eigenvalue weighted by molar-refractivity contribution is -0.137. The van der Waals surface area contributed by atoms with Gasteiger partial charge in [0, 0.05) is 29.0 Å². The number of anilines is 1. The Morgan fingerprint density at radius 1 is 1.17 bits per heavy atom. The molecule has 1 heterocycles. The molecule has 2 aromatic carbocycles. The molecule has 0 N–H and O–H groups in total. The van der Waals surface area contributed by atoms with E-state index in [1.165, 1.54) is 0 Å². The predicted octanol–water partition coefficient (Wildman–Crippen LogP) is 4.91. The number of alkyl halides is 3. The zero-order valence-electron chi connectivity index (χ0n) is 16.4. The number of nitrogens with zero attached hydrogens (tertiary/aromatic N) is 1. The van der Waals surface area contributed by atoms with Gasteiger partial charge in [0.05, 0.1) is 31.6 Å². The minimum Gasteiger partial charge on any atom is -0.495 e. The van der Waals surface area contributed by atoms with E-state index in [0.29, 0.717) is 41.0 Å². The molecular weight excluding hydrogens is 463 g/mol. The first-order valence-corrected chi connectivity index (χ1v) is 10.5. The minimum atomic E-state index is -4.43. The lowest BCUT2D eigenvalue weighted by Crippen LogP contribution is -2.36. The van der Waals surface area contributed by atoms with Crippen molar-refractivity contribution >= 4 is 27.4 Å². The highest BCUT2D eigenvalue weighted by molar-refractivity contribution is 9.10. The molecule has 30 heavy (non-hydrogen) atoms. The quantitative estimate of drug-likeness (QED) is 0.619. The molecule has 2 aliphatic rings. The Morgan fingerprint density at radius 2 is 1.90 bits per heavy atom. The second kappa shape index (κ2) is 8.23. The van der Waals surface area contributed by atoms with Gasteiger partial charge in [0.15, 0.2) is 5.78 Å². The van der Waals surface area contributed by atoms with E-state index in [2.05, 4.69) is 20.8 Å². The van der Waals surface area contributed by atoms with Crippen molar-refractivity contribution in [3.05, 3.63) is 57.1 Å². The van der Waals surface area contributed by atoms with Crippen molar-refractivity contribution in [2.75, 3.05) is 38.3 Å². The Labute approximate surface area is 181 Å². The average Bonchev–Trinajstić information content (AvgIpc) is 3.01. The summed E-state index contributed by atoms with van der Waals surface area (Å²) < 4.78 is 50.7. The van der Waals surface area contributed by atoms with E-state index in [1.54, 1.807) is 19.2 Å². The molecule has 1 atom stereocenters. The number of halogens is 4. The maximum Gasteiger partial charge on any atom is 0.416 e. The smallest absolute Gasteiger partial charge is 0.416 e. The van der Waals surface area contributed by atoms with Crippen LogP contribution < -0.4 is 9.64 Å². The Kier molecular flexibility index (Phi) is 5.81. The van der Waals surface area contributed by atoms with Gasteiger partial charge < -0.3 is 14.4 Å². The summed E-state index contributed by atoms with van der Waals surface area (Å²) in [5, 5.41) is 0. The zero-order chi connectivity index (χ0) is 21.5. The third-order valence-electron chi connectivity index (χ3n) is 5.63. The molecule has 1 fully saturated rings. The molecule has 0 bridgehead atoms. The molecule has 1 saturated heterocycles. The second-order valence-corrected chi connectivity index (χ2v) is 8.51. The molecular formula is C22H21BrF3NO3. The summed E-state index contributed by atoms with van der Waals surface area (Å²) >= 11 is 3.15. The second-order valence-electron chi connectivity index (χ2n) is 7.60. The summed E-state index contributed by atoms with van der Waals surface area (Å²) in [4.78, 5) is 15.2. The fourth-order valence-electron chi connectivity index (χ4n) is 4.18. The van der Waals surface area contributed by atoms with E-state index in [0.717, 1.165) is 36.5 Å². The van der Waals surface area contributed by atoms with Crippen LogP contribution in [0.15, 0.2) is 34.8 Å². The number of rotatable bonds is 4. The van der Waals surface area contributed by atoms with Crippen LogP contribution in [-0.4, -0.2) is 39.2 Å². The predicted molar refractivity (Wildman–Crippen MR) is 110 cm³/mol. The molecule has 2 aromatic rings. The fraction of sp³-hybridized carbons (Fsp3) is 0.409. The van der Waals surface area contributed by atoms with Gasteiger partial charge in [-0.2, -0.15) is 13.2 Å².